The van der Waals surface area contributed by atoms with Crippen LogP contribution in [0.5, 0.6) is 0 Å². The monoisotopic (exact) mass is 265 g/mol. The molecule has 0 saturated heterocycles. The molecule has 0 bridgehead atoms. The summed E-state index contributed by atoms with van der Waals surface area (Å²) in [6.45, 7) is 0.682. The van der Waals surface area contributed by atoms with Crippen LogP contribution in [0, 0.1) is 12.3 Å². The van der Waals surface area contributed by atoms with Gasteiger partial charge in [-0.05, 0) is 23.3 Å². The quantitative estimate of drug-likeness (QED) is 0.863. The number of hydrogen-bond donors (Lipinski definition) is 1. The molecule has 2 aromatic carbocycles. The van der Waals surface area contributed by atoms with Crippen LogP contribution in [-0.2, 0) is 17.9 Å². The molecular weight excluding hydrogens is 250 g/mol. The van der Waals surface area contributed by atoms with E-state index in [1.165, 1.54) is 0 Å². The highest BCUT2D eigenvalue weighted by Gasteiger charge is 2.02. The van der Waals surface area contributed by atoms with Gasteiger partial charge in [-0.3, -0.25) is 0 Å². The van der Waals surface area contributed by atoms with Crippen molar-refractivity contribution in [2.45, 2.75) is 13.2 Å². The minimum absolute atomic E-state index is 0.267. The molecule has 0 radical (unpaired) electrons. The summed E-state index contributed by atoms with van der Waals surface area (Å²) in [5.74, 6) is 2.55. The lowest BCUT2D eigenvalue weighted by Gasteiger charge is -2.07. The van der Waals surface area contributed by atoms with Gasteiger partial charge in [-0.2, -0.15) is 0 Å². The van der Waals surface area contributed by atoms with E-state index in [2.05, 4.69) is 11.2 Å². The van der Waals surface area contributed by atoms with Crippen LogP contribution in [0.2, 0.25) is 0 Å². The van der Waals surface area contributed by atoms with E-state index in [0.29, 0.717) is 6.54 Å². The third-order valence-corrected chi connectivity index (χ3v) is 2.77. The van der Waals surface area contributed by atoms with E-state index in [-0.39, 0.29) is 6.61 Å². The van der Waals surface area contributed by atoms with Crippen LogP contribution in [0.3, 0.4) is 0 Å². The second-order valence-electron chi connectivity index (χ2n) is 4.26. The van der Waals surface area contributed by atoms with Crippen molar-refractivity contribution in [3.05, 3.63) is 71.3 Å². The molecule has 2 rings (SSSR count). The highest BCUT2D eigenvalue weighted by atomic mass is 16.5. The summed E-state index contributed by atoms with van der Waals surface area (Å²) < 4.78 is 5.11. The number of terminal acetylenes is 1. The summed E-state index contributed by atoms with van der Waals surface area (Å²) in [7, 11) is 0. The first-order valence-electron chi connectivity index (χ1n) is 6.28. The third-order valence-electron chi connectivity index (χ3n) is 2.77. The van der Waals surface area contributed by atoms with Crippen molar-refractivity contribution in [2.75, 3.05) is 0 Å². The minimum Gasteiger partial charge on any atom is -0.445 e. The molecule has 3 nitrogen and oxygen atoms in total. The number of hydrogen-bond acceptors (Lipinski definition) is 2. The van der Waals surface area contributed by atoms with Crippen molar-refractivity contribution in [2.24, 2.45) is 0 Å². The normalized spacial score (nSPS) is 9.55. The topological polar surface area (TPSA) is 38.3 Å². The van der Waals surface area contributed by atoms with Crippen molar-refractivity contribution in [1.29, 1.82) is 0 Å². The highest BCUT2D eigenvalue weighted by Crippen LogP contribution is 2.04. The molecule has 0 spiro atoms. The van der Waals surface area contributed by atoms with Crippen LogP contribution in [-0.4, -0.2) is 6.09 Å². The number of carbonyl (C=O) groups excluding carboxylic acids is 1. The maximum absolute atomic E-state index is 11.5. The number of rotatable bonds is 4. The number of carbonyl (C=O) groups is 1. The van der Waals surface area contributed by atoms with Gasteiger partial charge in [0.2, 0.25) is 0 Å². The first-order chi connectivity index (χ1) is 9.78. The molecule has 0 fully saturated rings. The summed E-state index contributed by atoms with van der Waals surface area (Å²) >= 11 is 0. The average Bonchev–Trinajstić information content (AvgIpc) is 2.52. The van der Waals surface area contributed by atoms with Gasteiger partial charge in [0, 0.05) is 12.1 Å². The molecule has 0 saturated carbocycles. The Morgan fingerprint density at radius 3 is 2.40 bits per heavy atom. The Balaban J connectivity index is 1.76. The van der Waals surface area contributed by atoms with Gasteiger partial charge >= 0.3 is 6.09 Å². The molecule has 3 heteroatoms. The average molecular weight is 265 g/mol. The Hall–Kier alpha value is -2.73. The van der Waals surface area contributed by atoms with Crippen LogP contribution in [0.4, 0.5) is 4.79 Å². The molecule has 0 aliphatic carbocycles. The van der Waals surface area contributed by atoms with E-state index >= 15 is 0 Å². The molecule has 0 aromatic heterocycles. The molecule has 100 valence electrons. The number of benzene rings is 2. The second kappa shape index (κ2) is 7.01. The fourth-order valence-electron chi connectivity index (χ4n) is 1.67. The highest BCUT2D eigenvalue weighted by molar-refractivity contribution is 5.67. The molecule has 1 N–H and O–H groups in total. The molecule has 0 aliphatic rings. The zero-order valence-electron chi connectivity index (χ0n) is 11.0. The predicted octanol–water partition coefficient (Wildman–Crippen LogP) is 3.09. The standard InChI is InChI=1S/C17H15NO2/c1-2-14-8-10-15(11-9-14)12-18-17(19)20-13-16-6-4-3-5-7-16/h1,3-11H,12-13H2,(H,18,19). The van der Waals surface area contributed by atoms with Crippen LogP contribution in [0.15, 0.2) is 54.6 Å². The van der Waals surface area contributed by atoms with E-state index in [1.54, 1.807) is 0 Å². The van der Waals surface area contributed by atoms with Crippen molar-refractivity contribution in [1.82, 2.24) is 5.32 Å². The molecule has 20 heavy (non-hydrogen) atoms. The summed E-state index contributed by atoms with van der Waals surface area (Å²) in [4.78, 5) is 11.5. The Kier molecular flexibility index (Phi) is 4.80. The Morgan fingerprint density at radius 1 is 1.05 bits per heavy atom. The van der Waals surface area contributed by atoms with Gasteiger partial charge in [0.1, 0.15) is 6.61 Å². The van der Waals surface area contributed by atoms with Crippen molar-refractivity contribution in [3.63, 3.8) is 0 Å². The summed E-state index contributed by atoms with van der Waals surface area (Å²) in [5, 5.41) is 2.69. The molecular formula is C17H15NO2. The summed E-state index contributed by atoms with van der Waals surface area (Å²) in [6.07, 6.45) is 4.84. The summed E-state index contributed by atoms with van der Waals surface area (Å²) in [5.41, 5.74) is 2.75. The summed E-state index contributed by atoms with van der Waals surface area (Å²) in [6, 6.07) is 17.0. The molecule has 0 aliphatic heterocycles. The van der Waals surface area contributed by atoms with Crippen LogP contribution in [0.25, 0.3) is 0 Å². The van der Waals surface area contributed by atoms with Crippen molar-refractivity contribution in [3.8, 4) is 12.3 Å². The van der Waals surface area contributed by atoms with Gasteiger partial charge in [-0.25, -0.2) is 4.79 Å². The first-order valence-corrected chi connectivity index (χ1v) is 6.28. The van der Waals surface area contributed by atoms with Crippen LogP contribution in [0.1, 0.15) is 16.7 Å². The van der Waals surface area contributed by atoms with E-state index in [4.69, 9.17) is 11.2 Å². The van der Waals surface area contributed by atoms with Crippen molar-refractivity contribution < 1.29 is 9.53 Å². The van der Waals surface area contributed by atoms with Crippen LogP contribution < -0.4 is 5.32 Å². The Morgan fingerprint density at radius 2 is 1.75 bits per heavy atom. The van der Waals surface area contributed by atoms with E-state index in [9.17, 15) is 4.79 Å². The van der Waals surface area contributed by atoms with Crippen LogP contribution >= 0.6 is 0 Å². The zero-order valence-corrected chi connectivity index (χ0v) is 11.0. The first kappa shape index (κ1) is 13.7. The molecule has 0 atom stereocenters. The van der Waals surface area contributed by atoms with Gasteiger partial charge < -0.3 is 10.1 Å². The Bertz CT molecular complexity index is 597. The maximum atomic E-state index is 11.5. The fourth-order valence-corrected chi connectivity index (χ4v) is 1.67. The number of nitrogens with one attached hydrogen (secondary N) is 1. The fraction of sp³-hybridized carbons (Fsp3) is 0.118. The SMILES string of the molecule is C#Cc1ccc(CNC(=O)OCc2ccccc2)cc1. The molecule has 0 unspecified atom stereocenters. The molecule has 1 amide bonds. The molecule has 0 heterocycles. The van der Waals surface area contributed by atoms with Gasteiger partial charge in [-0.15, -0.1) is 6.42 Å². The van der Waals surface area contributed by atoms with Gasteiger partial charge in [0.05, 0.1) is 0 Å². The number of ether oxygens (including phenoxy) is 1. The lowest BCUT2D eigenvalue weighted by atomic mass is 10.1. The van der Waals surface area contributed by atoms with Gasteiger partial charge in [0.25, 0.3) is 0 Å². The smallest absolute Gasteiger partial charge is 0.407 e. The van der Waals surface area contributed by atoms with E-state index in [0.717, 1.165) is 16.7 Å². The lowest BCUT2D eigenvalue weighted by molar-refractivity contribution is 0.139. The number of amides is 1. The van der Waals surface area contributed by atoms with Crippen molar-refractivity contribution >= 4 is 6.09 Å². The second-order valence-corrected chi connectivity index (χ2v) is 4.26. The number of alkyl carbamates (subject to hydrolysis) is 1. The van der Waals surface area contributed by atoms with Gasteiger partial charge in [-0.1, -0.05) is 48.4 Å². The van der Waals surface area contributed by atoms with E-state index in [1.807, 2.05) is 54.6 Å². The van der Waals surface area contributed by atoms with E-state index < -0.39 is 6.09 Å². The lowest BCUT2D eigenvalue weighted by Crippen LogP contribution is -2.23. The Labute approximate surface area is 118 Å². The third kappa shape index (κ3) is 4.18. The predicted molar refractivity (Wildman–Crippen MR) is 77.8 cm³/mol. The molecule has 2 aromatic rings. The largest absolute Gasteiger partial charge is 0.445 e. The minimum atomic E-state index is -0.435. The maximum Gasteiger partial charge on any atom is 0.407 e. The van der Waals surface area contributed by atoms with Gasteiger partial charge in [0.15, 0.2) is 0 Å². The zero-order chi connectivity index (χ0) is 14.2.